The lowest BCUT2D eigenvalue weighted by molar-refractivity contribution is -0.00279. The van der Waals surface area contributed by atoms with E-state index < -0.39 is 5.82 Å². The number of hydrogen-bond donors (Lipinski definition) is 1. The lowest BCUT2D eigenvalue weighted by Gasteiger charge is -2.60. The summed E-state index contributed by atoms with van der Waals surface area (Å²) in [5, 5.41) is 11.5. The van der Waals surface area contributed by atoms with Crippen LogP contribution >= 0.6 is 11.6 Å². The number of aryl methyl sites for hydroxylation is 1. The highest BCUT2D eigenvalue weighted by atomic mass is 35.5. The quantitative estimate of drug-likeness (QED) is 0.451. The summed E-state index contributed by atoms with van der Waals surface area (Å²) in [6, 6.07) is 11.3. The van der Waals surface area contributed by atoms with E-state index in [1.54, 1.807) is 49.9 Å². The number of benzene rings is 2. The van der Waals surface area contributed by atoms with Crippen LogP contribution in [0.1, 0.15) is 0 Å². The number of aromatic hydroxyl groups is 1. The SMILES string of the molecule is CN1CC2(C1)CN(c1cc(-c3cc(F)cc(-c4ccc(-n5ccn(C)c5=O)c(Cl)c4)c3O)ccn1)C2. The Balaban J connectivity index is 1.34. The van der Waals surface area contributed by atoms with Crippen LogP contribution in [0.3, 0.4) is 0 Å². The first-order chi connectivity index (χ1) is 17.2. The summed E-state index contributed by atoms with van der Waals surface area (Å²) in [4.78, 5) is 21.4. The van der Waals surface area contributed by atoms with Crippen molar-refractivity contribution in [3.63, 3.8) is 0 Å². The third kappa shape index (κ3) is 3.68. The molecule has 0 atom stereocenters. The molecule has 0 radical (unpaired) electrons. The fraction of sp³-hybridized carbons (Fsp3) is 0.259. The summed E-state index contributed by atoms with van der Waals surface area (Å²) in [5.74, 6) is 0.296. The van der Waals surface area contributed by atoms with Gasteiger partial charge in [-0.05, 0) is 54.6 Å². The number of imidazole rings is 1. The predicted octanol–water partition coefficient (Wildman–Crippen LogP) is 4.15. The Morgan fingerprint density at radius 1 is 0.972 bits per heavy atom. The van der Waals surface area contributed by atoms with Crippen molar-refractivity contribution >= 4 is 17.4 Å². The minimum absolute atomic E-state index is 0.0463. The summed E-state index contributed by atoms with van der Waals surface area (Å²) in [7, 11) is 3.78. The number of hydrogen-bond acceptors (Lipinski definition) is 5. The van der Waals surface area contributed by atoms with Gasteiger partial charge in [-0.1, -0.05) is 17.7 Å². The molecule has 0 unspecified atom stereocenters. The van der Waals surface area contributed by atoms with Gasteiger partial charge in [-0.2, -0.15) is 0 Å². The zero-order valence-electron chi connectivity index (χ0n) is 19.9. The van der Waals surface area contributed by atoms with Gasteiger partial charge in [-0.15, -0.1) is 0 Å². The number of likely N-dealkylation sites (tertiary alicyclic amines) is 1. The van der Waals surface area contributed by atoms with E-state index in [-0.39, 0.29) is 11.4 Å². The van der Waals surface area contributed by atoms with E-state index in [1.165, 1.54) is 21.3 Å². The van der Waals surface area contributed by atoms with Crippen molar-refractivity contribution in [2.45, 2.75) is 0 Å². The first-order valence-corrected chi connectivity index (χ1v) is 12.1. The largest absolute Gasteiger partial charge is 0.507 e. The second-order valence-electron chi connectivity index (χ2n) is 10.0. The highest BCUT2D eigenvalue weighted by Gasteiger charge is 2.50. The number of halogens is 2. The third-order valence-corrected chi connectivity index (χ3v) is 7.49. The van der Waals surface area contributed by atoms with Gasteiger partial charge in [0, 0.05) is 68.4 Å². The number of pyridine rings is 1. The van der Waals surface area contributed by atoms with Crippen molar-refractivity contribution in [2.24, 2.45) is 12.5 Å². The molecule has 0 bridgehead atoms. The molecular weight excluding hydrogens is 481 g/mol. The molecule has 1 N–H and O–H groups in total. The van der Waals surface area contributed by atoms with Gasteiger partial charge in [-0.25, -0.2) is 14.2 Å². The van der Waals surface area contributed by atoms with Crippen molar-refractivity contribution in [3.05, 3.63) is 82.4 Å². The van der Waals surface area contributed by atoms with Crippen LogP contribution < -0.4 is 10.6 Å². The Morgan fingerprint density at radius 3 is 2.28 bits per heavy atom. The van der Waals surface area contributed by atoms with Crippen LogP contribution in [0, 0.1) is 11.2 Å². The lowest BCUT2D eigenvalue weighted by Crippen LogP contribution is -2.71. The Morgan fingerprint density at radius 2 is 1.67 bits per heavy atom. The summed E-state index contributed by atoms with van der Waals surface area (Å²) in [6.45, 7) is 4.09. The fourth-order valence-corrected chi connectivity index (χ4v) is 5.81. The van der Waals surface area contributed by atoms with Crippen molar-refractivity contribution in [1.29, 1.82) is 0 Å². The van der Waals surface area contributed by atoms with Gasteiger partial charge < -0.3 is 19.5 Å². The molecule has 4 aromatic rings. The van der Waals surface area contributed by atoms with Crippen molar-refractivity contribution < 1.29 is 9.50 Å². The van der Waals surface area contributed by atoms with E-state index in [0.29, 0.717) is 38.4 Å². The summed E-state index contributed by atoms with van der Waals surface area (Å²) in [5.41, 5.74) is 2.56. The minimum Gasteiger partial charge on any atom is -0.507 e. The first-order valence-electron chi connectivity index (χ1n) is 11.7. The molecule has 0 aliphatic carbocycles. The fourth-order valence-electron chi connectivity index (χ4n) is 5.54. The van der Waals surface area contributed by atoms with Crippen LogP contribution in [0.5, 0.6) is 5.75 Å². The highest BCUT2D eigenvalue weighted by molar-refractivity contribution is 6.32. The smallest absolute Gasteiger partial charge is 0.332 e. The van der Waals surface area contributed by atoms with Crippen molar-refractivity contribution in [2.75, 3.05) is 38.1 Å². The third-order valence-electron chi connectivity index (χ3n) is 7.18. The Kier molecular flexibility index (Phi) is 5.21. The average molecular weight is 506 g/mol. The standard InChI is InChI=1S/C27H25ClFN5O2/c1-31-13-27(14-31)15-33(16-27)24-10-18(5-6-30-24)21-12-19(29)11-20(25(21)35)17-3-4-23(22(28)9-17)34-8-7-32(2)26(34)36/h3-12,35H,13-16H2,1-2H3. The molecule has 0 amide bonds. The van der Waals surface area contributed by atoms with Gasteiger partial charge in [0.05, 0.1) is 10.7 Å². The zero-order valence-corrected chi connectivity index (χ0v) is 20.7. The van der Waals surface area contributed by atoms with E-state index in [2.05, 4.69) is 21.8 Å². The lowest BCUT2D eigenvalue weighted by atomic mass is 9.73. The molecule has 2 aliphatic heterocycles. The maximum absolute atomic E-state index is 14.8. The minimum atomic E-state index is -0.476. The molecular formula is C27H25ClFN5O2. The topological polar surface area (TPSA) is 66.5 Å². The number of nitrogens with zero attached hydrogens (tertiary/aromatic N) is 5. The number of phenolic OH excluding ortho intramolecular Hbond substituents is 1. The molecule has 184 valence electrons. The molecule has 2 saturated heterocycles. The molecule has 4 heterocycles. The summed E-state index contributed by atoms with van der Waals surface area (Å²) >= 11 is 6.51. The highest BCUT2D eigenvalue weighted by Crippen LogP contribution is 2.43. The van der Waals surface area contributed by atoms with Gasteiger partial charge in [0.15, 0.2) is 0 Å². The molecule has 2 fully saturated rings. The number of aromatic nitrogens is 3. The number of anilines is 1. The van der Waals surface area contributed by atoms with Crippen molar-refractivity contribution in [1.82, 2.24) is 19.0 Å². The maximum Gasteiger partial charge on any atom is 0.332 e. The van der Waals surface area contributed by atoms with Gasteiger partial charge in [0.2, 0.25) is 0 Å². The van der Waals surface area contributed by atoms with Crippen LogP contribution in [-0.2, 0) is 7.05 Å². The van der Waals surface area contributed by atoms with E-state index in [0.717, 1.165) is 32.0 Å². The van der Waals surface area contributed by atoms with Gasteiger partial charge in [-0.3, -0.25) is 4.57 Å². The maximum atomic E-state index is 14.8. The molecule has 36 heavy (non-hydrogen) atoms. The monoisotopic (exact) mass is 505 g/mol. The first kappa shape index (κ1) is 22.8. The van der Waals surface area contributed by atoms with Crippen LogP contribution in [0.25, 0.3) is 27.9 Å². The van der Waals surface area contributed by atoms with E-state index in [4.69, 9.17) is 11.6 Å². The summed E-state index contributed by atoms with van der Waals surface area (Å²) in [6.07, 6.45) is 4.96. The Labute approximate surface area is 212 Å². The molecule has 9 heteroatoms. The molecule has 2 aliphatic rings. The van der Waals surface area contributed by atoms with Crippen LogP contribution in [0.15, 0.2) is 65.8 Å². The normalized spacial score (nSPS) is 16.7. The van der Waals surface area contributed by atoms with Crippen LogP contribution in [-0.4, -0.2) is 57.4 Å². The van der Waals surface area contributed by atoms with Crippen LogP contribution in [0.2, 0.25) is 5.02 Å². The Hall–Kier alpha value is -3.62. The second-order valence-corrected chi connectivity index (χ2v) is 10.4. The van der Waals surface area contributed by atoms with Gasteiger partial charge in [0.25, 0.3) is 0 Å². The zero-order chi connectivity index (χ0) is 25.2. The second kappa shape index (κ2) is 8.21. The molecule has 6 rings (SSSR count). The number of rotatable bonds is 4. The van der Waals surface area contributed by atoms with Crippen LogP contribution in [0.4, 0.5) is 10.2 Å². The predicted molar refractivity (Wildman–Crippen MR) is 138 cm³/mol. The van der Waals surface area contributed by atoms with Gasteiger partial charge >= 0.3 is 5.69 Å². The van der Waals surface area contributed by atoms with Crippen molar-refractivity contribution in [3.8, 4) is 33.7 Å². The van der Waals surface area contributed by atoms with E-state index in [9.17, 15) is 14.3 Å². The van der Waals surface area contributed by atoms with Gasteiger partial charge in [0.1, 0.15) is 17.4 Å². The molecule has 2 aromatic heterocycles. The molecule has 2 aromatic carbocycles. The molecule has 7 nitrogen and oxygen atoms in total. The average Bonchev–Trinajstić information content (AvgIpc) is 3.14. The molecule has 1 spiro atoms. The summed E-state index contributed by atoms with van der Waals surface area (Å²) < 4.78 is 17.7. The number of phenols is 1. The van der Waals surface area contributed by atoms with E-state index >= 15 is 0 Å². The van der Waals surface area contributed by atoms with E-state index in [1.807, 2.05) is 6.07 Å². The molecule has 0 saturated carbocycles. The Bertz CT molecular complexity index is 1550.